The van der Waals surface area contributed by atoms with Gasteiger partial charge in [0.2, 0.25) is 5.91 Å². The highest BCUT2D eigenvalue weighted by Gasteiger charge is 2.56. The third kappa shape index (κ3) is 6.12. The van der Waals surface area contributed by atoms with Gasteiger partial charge < -0.3 is 25.0 Å². The molecule has 0 unspecified atom stereocenters. The molecular formula is C30H29ClFN5O5. The van der Waals surface area contributed by atoms with E-state index in [-0.39, 0.29) is 42.5 Å². The predicted molar refractivity (Wildman–Crippen MR) is 152 cm³/mol. The lowest BCUT2D eigenvalue weighted by Crippen LogP contribution is -2.44. The average Bonchev–Trinajstić information content (AvgIpc) is 3.49. The van der Waals surface area contributed by atoms with Crippen molar-refractivity contribution >= 4 is 40.2 Å². The number of piperidine rings is 1. The van der Waals surface area contributed by atoms with Gasteiger partial charge in [0.15, 0.2) is 11.6 Å². The van der Waals surface area contributed by atoms with E-state index in [9.17, 15) is 23.9 Å². The van der Waals surface area contributed by atoms with E-state index in [0.717, 1.165) is 6.42 Å². The number of benzene rings is 2. The number of rotatable bonds is 8. The summed E-state index contributed by atoms with van der Waals surface area (Å²) in [6, 6.07) is 11.1. The summed E-state index contributed by atoms with van der Waals surface area (Å²) in [5.74, 6) is -0.347. The third-order valence-electron chi connectivity index (χ3n) is 7.45. The third-order valence-corrected chi connectivity index (χ3v) is 7.75. The number of ether oxygens (including phenoxy) is 1. The van der Waals surface area contributed by atoms with Crippen LogP contribution in [0.3, 0.4) is 0 Å². The molecule has 3 N–H and O–H groups in total. The van der Waals surface area contributed by atoms with Crippen LogP contribution >= 0.6 is 11.6 Å². The van der Waals surface area contributed by atoms with E-state index in [1.807, 2.05) is 0 Å². The normalized spacial score (nSPS) is 18.7. The molecular weight excluding hydrogens is 565 g/mol. The van der Waals surface area contributed by atoms with Crippen LogP contribution in [0.4, 0.5) is 4.39 Å². The van der Waals surface area contributed by atoms with Gasteiger partial charge in [-0.05, 0) is 56.0 Å². The zero-order valence-electron chi connectivity index (χ0n) is 22.7. The molecule has 2 aromatic heterocycles. The Labute approximate surface area is 245 Å². The fraction of sp³-hybridized carbons (Fsp3) is 0.300. The Morgan fingerprint density at radius 2 is 1.90 bits per heavy atom. The molecule has 1 saturated heterocycles. The van der Waals surface area contributed by atoms with Crippen molar-refractivity contribution in [2.45, 2.75) is 51.5 Å². The van der Waals surface area contributed by atoms with Gasteiger partial charge in [-0.15, -0.1) is 0 Å². The number of carbonyl (C=O) groups is 3. The van der Waals surface area contributed by atoms with Crippen LogP contribution < -0.4 is 10.5 Å². The number of fused-ring (bicyclic) bond motifs is 2. The molecule has 2 aliphatic rings. The minimum Gasteiger partial charge on any atom is -0.486 e. The zero-order valence-corrected chi connectivity index (χ0v) is 23.5. The summed E-state index contributed by atoms with van der Waals surface area (Å²) in [6.07, 6.45) is 6.32. The number of carboxylic acid groups (broad SMARTS) is 1. The molecule has 218 valence electrons. The van der Waals surface area contributed by atoms with Gasteiger partial charge in [-0.25, -0.2) is 19.2 Å². The number of aromatic nitrogens is 3. The fourth-order valence-corrected chi connectivity index (χ4v) is 5.49. The topological polar surface area (TPSA) is 141 Å². The van der Waals surface area contributed by atoms with Crippen LogP contribution in [0.5, 0.6) is 5.75 Å². The maximum atomic E-state index is 13.0. The number of aliphatic carboxylic acids is 1. The van der Waals surface area contributed by atoms with Crippen LogP contribution in [0.15, 0.2) is 61.1 Å². The maximum Gasteiger partial charge on any atom is 0.326 e. The zero-order chi connectivity index (χ0) is 30.0. The number of halogens is 2. The number of ketones is 1. The largest absolute Gasteiger partial charge is 0.486 e. The Kier molecular flexibility index (Phi) is 8.51. The number of hydrogen-bond acceptors (Lipinski definition) is 7. The SMILES string of the molecule is CC(=O)c1cn(CC(=O)N2[C@@H]3C[C@@H]3C[C@H]2C(=O)O)c2ccc(OCc3ncccn3)cc12.NCc1cccc(Cl)c1F. The van der Waals surface area contributed by atoms with Gasteiger partial charge >= 0.3 is 5.97 Å². The quantitative estimate of drug-likeness (QED) is 0.289. The van der Waals surface area contributed by atoms with Crippen LogP contribution in [-0.2, 0) is 29.3 Å². The minimum atomic E-state index is -0.962. The van der Waals surface area contributed by atoms with E-state index < -0.39 is 17.8 Å². The molecule has 3 atom stereocenters. The van der Waals surface area contributed by atoms with Gasteiger partial charge in [0, 0.05) is 53.2 Å². The second kappa shape index (κ2) is 12.3. The van der Waals surface area contributed by atoms with Gasteiger partial charge in [0.05, 0.1) is 5.02 Å². The lowest BCUT2D eigenvalue weighted by atomic mass is 10.1. The number of nitrogens with zero attached hydrogens (tertiary/aromatic N) is 4. The summed E-state index contributed by atoms with van der Waals surface area (Å²) < 4.78 is 20.3. The first-order valence-electron chi connectivity index (χ1n) is 13.4. The van der Waals surface area contributed by atoms with Crippen molar-refractivity contribution in [2.24, 2.45) is 11.7 Å². The van der Waals surface area contributed by atoms with Crippen molar-refractivity contribution in [3.05, 3.63) is 88.8 Å². The Balaban J connectivity index is 0.000000300. The number of carbonyl (C=O) groups excluding carboxylic acids is 2. The molecule has 12 heteroatoms. The highest BCUT2D eigenvalue weighted by atomic mass is 35.5. The number of likely N-dealkylation sites (tertiary alicyclic amines) is 1. The van der Waals surface area contributed by atoms with E-state index in [2.05, 4.69) is 9.97 Å². The van der Waals surface area contributed by atoms with Crippen LogP contribution in [0.1, 0.15) is 41.5 Å². The van der Waals surface area contributed by atoms with E-state index in [1.54, 1.807) is 59.6 Å². The molecule has 42 heavy (non-hydrogen) atoms. The van der Waals surface area contributed by atoms with Crippen LogP contribution in [0.25, 0.3) is 10.9 Å². The molecule has 1 aliphatic carbocycles. The van der Waals surface area contributed by atoms with Crippen molar-refractivity contribution in [2.75, 3.05) is 0 Å². The molecule has 2 aromatic carbocycles. The molecule has 6 rings (SSSR count). The molecule has 0 bridgehead atoms. The molecule has 2 fully saturated rings. The van der Waals surface area contributed by atoms with E-state index >= 15 is 0 Å². The first kappa shape index (κ1) is 29.2. The maximum absolute atomic E-state index is 13.0. The second-order valence-corrected chi connectivity index (χ2v) is 10.6. The van der Waals surface area contributed by atoms with Crippen LogP contribution in [-0.4, -0.2) is 54.3 Å². The van der Waals surface area contributed by atoms with Crippen molar-refractivity contribution in [1.82, 2.24) is 19.4 Å². The van der Waals surface area contributed by atoms with E-state index in [0.29, 0.717) is 45.9 Å². The highest BCUT2D eigenvalue weighted by Crippen LogP contribution is 2.48. The van der Waals surface area contributed by atoms with Crippen molar-refractivity contribution < 1.29 is 28.6 Å². The van der Waals surface area contributed by atoms with Crippen molar-refractivity contribution in [1.29, 1.82) is 0 Å². The van der Waals surface area contributed by atoms with Gasteiger partial charge in [-0.3, -0.25) is 9.59 Å². The van der Waals surface area contributed by atoms with Gasteiger partial charge in [-0.1, -0.05) is 23.7 Å². The van der Waals surface area contributed by atoms with Crippen molar-refractivity contribution in [3.63, 3.8) is 0 Å². The summed E-state index contributed by atoms with van der Waals surface area (Å²) in [5, 5.41) is 10.3. The first-order valence-corrected chi connectivity index (χ1v) is 13.7. The highest BCUT2D eigenvalue weighted by molar-refractivity contribution is 6.30. The van der Waals surface area contributed by atoms with Gasteiger partial charge in [0.1, 0.15) is 30.8 Å². The Hall–Kier alpha value is -4.35. The fourth-order valence-electron chi connectivity index (χ4n) is 5.30. The number of carboxylic acids is 1. The average molecular weight is 594 g/mol. The van der Waals surface area contributed by atoms with Crippen LogP contribution in [0, 0.1) is 11.7 Å². The molecule has 1 aliphatic heterocycles. The first-order chi connectivity index (χ1) is 20.2. The van der Waals surface area contributed by atoms with Gasteiger partial charge in [0.25, 0.3) is 0 Å². The second-order valence-electron chi connectivity index (χ2n) is 10.2. The lowest BCUT2D eigenvalue weighted by Gasteiger charge is -2.24. The molecule has 1 saturated carbocycles. The Morgan fingerprint density at radius 3 is 2.57 bits per heavy atom. The molecule has 1 amide bonds. The van der Waals surface area contributed by atoms with Crippen LogP contribution in [0.2, 0.25) is 5.02 Å². The molecule has 3 heterocycles. The monoisotopic (exact) mass is 593 g/mol. The summed E-state index contributed by atoms with van der Waals surface area (Å²) in [5.41, 5.74) is 6.87. The summed E-state index contributed by atoms with van der Waals surface area (Å²) in [7, 11) is 0. The minimum absolute atomic E-state index is 0.0190. The molecule has 4 aromatic rings. The van der Waals surface area contributed by atoms with E-state index in [4.69, 9.17) is 22.1 Å². The molecule has 10 nitrogen and oxygen atoms in total. The summed E-state index contributed by atoms with van der Waals surface area (Å²) in [4.78, 5) is 46.6. The molecule has 0 spiro atoms. The Morgan fingerprint density at radius 1 is 1.14 bits per heavy atom. The summed E-state index contributed by atoms with van der Waals surface area (Å²) >= 11 is 5.46. The number of hydrogen-bond donors (Lipinski definition) is 2. The molecule has 0 radical (unpaired) electrons. The van der Waals surface area contributed by atoms with Gasteiger partial charge in [-0.2, -0.15) is 0 Å². The Bertz CT molecular complexity index is 1650. The van der Waals surface area contributed by atoms with Crippen molar-refractivity contribution in [3.8, 4) is 5.75 Å². The smallest absolute Gasteiger partial charge is 0.326 e. The number of Topliss-reactive ketones (excluding diaryl/α,β-unsaturated/α-hetero) is 1. The standard InChI is InChI=1S/C23H22N4O5.C7H7ClFN/c1-13(28)17-10-26(11-22(29)27-19-7-14(19)8-20(27)23(30)31)18-4-3-15(9-16(17)18)32-12-21-24-5-2-6-25-21;8-6-3-1-2-5(4-10)7(6)9/h2-6,9-10,14,19-20H,7-8,11-12H2,1H3,(H,30,31);1-3H,4,10H2/t14-,19-,20+;/m1./s1. The number of amides is 1. The lowest BCUT2D eigenvalue weighted by molar-refractivity contribution is -0.149. The predicted octanol–water partition coefficient (Wildman–Crippen LogP) is 4.22. The summed E-state index contributed by atoms with van der Waals surface area (Å²) in [6.45, 7) is 1.83. The number of nitrogens with two attached hydrogens (primary N) is 1. The van der Waals surface area contributed by atoms with E-state index in [1.165, 1.54) is 17.9 Å².